The molecule has 1 saturated heterocycles. The summed E-state index contributed by atoms with van der Waals surface area (Å²) in [6.45, 7) is 0.614. The molecule has 2 rings (SSSR count). The number of amides is 3. The molecule has 7 heteroatoms. The van der Waals surface area contributed by atoms with Crippen LogP contribution < -0.4 is 5.32 Å². The lowest BCUT2D eigenvalue weighted by Crippen LogP contribution is -2.47. The highest BCUT2D eigenvalue weighted by atomic mass is 16.4. The zero-order chi connectivity index (χ0) is 16.1. The highest BCUT2D eigenvalue weighted by Gasteiger charge is 2.31. The molecule has 3 amide bonds. The van der Waals surface area contributed by atoms with Crippen molar-refractivity contribution in [2.45, 2.75) is 44.6 Å². The summed E-state index contributed by atoms with van der Waals surface area (Å²) in [5, 5.41) is 11.5. The third-order valence-corrected chi connectivity index (χ3v) is 4.73. The van der Waals surface area contributed by atoms with Crippen molar-refractivity contribution >= 4 is 17.9 Å². The molecule has 0 bridgehead atoms. The van der Waals surface area contributed by atoms with Gasteiger partial charge < -0.3 is 20.2 Å². The van der Waals surface area contributed by atoms with Crippen molar-refractivity contribution in [3.63, 3.8) is 0 Å². The third kappa shape index (κ3) is 4.11. The van der Waals surface area contributed by atoms with E-state index in [1.807, 2.05) is 0 Å². The molecule has 2 aliphatic rings. The number of likely N-dealkylation sites (tertiary alicyclic amines) is 1. The molecule has 0 spiro atoms. The zero-order valence-electron chi connectivity index (χ0n) is 13.1. The van der Waals surface area contributed by atoms with Gasteiger partial charge in [-0.25, -0.2) is 4.79 Å². The second-order valence-electron chi connectivity index (χ2n) is 6.23. The van der Waals surface area contributed by atoms with Crippen LogP contribution in [0.25, 0.3) is 0 Å². The van der Waals surface area contributed by atoms with Crippen LogP contribution in [0.15, 0.2) is 0 Å². The van der Waals surface area contributed by atoms with Gasteiger partial charge in [-0.15, -0.1) is 0 Å². The normalized spacial score (nSPS) is 22.4. The molecule has 124 valence electrons. The van der Waals surface area contributed by atoms with Gasteiger partial charge in [0.1, 0.15) is 0 Å². The number of rotatable bonds is 4. The Labute approximate surface area is 130 Å². The Morgan fingerprint density at radius 2 is 1.86 bits per heavy atom. The second-order valence-corrected chi connectivity index (χ2v) is 6.23. The quantitative estimate of drug-likeness (QED) is 0.807. The highest BCUT2D eigenvalue weighted by molar-refractivity contribution is 5.84. The van der Waals surface area contributed by atoms with E-state index in [0.29, 0.717) is 13.0 Å². The van der Waals surface area contributed by atoms with Gasteiger partial charge in [0.25, 0.3) is 0 Å². The molecule has 2 fully saturated rings. The van der Waals surface area contributed by atoms with E-state index in [4.69, 9.17) is 5.11 Å². The molecule has 22 heavy (non-hydrogen) atoms. The van der Waals surface area contributed by atoms with E-state index in [0.717, 1.165) is 25.7 Å². The van der Waals surface area contributed by atoms with Crippen LogP contribution >= 0.6 is 0 Å². The fourth-order valence-corrected chi connectivity index (χ4v) is 3.21. The van der Waals surface area contributed by atoms with Crippen LogP contribution in [-0.2, 0) is 9.59 Å². The summed E-state index contributed by atoms with van der Waals surface area (Å²) in [6, 6.07) is -0.0736. The maximum atomic E-state index is 12.1. The summed E-state index contributed by atoms with van der Waals surface area (Å²) >= 11 is 0. The van der Waals surface area contributed by atoms with E-state index in [1.54, 1.807) is 11.9 Å². The number of urea groups is 1. The van der Waals surface area contributed by atoms with Gasteiger partial charge in [0, 0.05) is 26.2 Å². The second kappa shape index (κ2) is 7.47. The molecule has 1 atom stereocenters. The van der Waals surface area contributed by atoms with E-state index >= 15 is 0 Å². The van der Waals surface area contributed by atoms with Crippen molar-refractivity contribution in [1.82, 2.24) is 15.1 Å². The van der Waals surface area contributed by atoms with E-state index in [1.165, 1.54) is 11.3 Å². The number of carbonyl (C=O) groups is 3. The van der Waals surface area contributed by atoms with Crippen molar-refractivity contribution in [3.8, 4) is 0 Å². The largest absolute Gasteiger partial charge is 0.481 e. The van der Waals surface area contributed by atoms with Gasteiger partial charge in [-0.1, -0.05) is 19.3 Å². The maximum Gasteiger partial charge on any atom is 0.317 e. The van der Waals surface area contributed by atoms with Gasteiger partial charge in [-0.2, -0.15) is 0 Å². The zero-order valence-corrected chi connectivity index (χ0v) is 13.1. The van der Waals surface area contributed by atoms with Crippen molar-refractivity contribution in [2.24, 2.45) is 5.92 Å². The predicted molar refractivity (Wildman–Crippen MR) is 80.4 cm³/mol. The van der Waals surface area contributed by atoms with E-state index in [9.17, 15) is 14.4 Å². The lowest BCUT2D eigenvalue weighted by molar-refractivity contribution is -0.141. The number of hydrogen-bond acceptors (Lipinski definition) is 3. The molecule has 1 unspecified atom stereocenters. The Bertz CT molecular complexity index is 435. The number of likely N-dealkylation sites (N-methyl/N-ethyl adjacent to an activating group) is 1. The first-order chi connectivity index (χ1) is 10.5. The minimum atomic E-state index is -0.872. The number of nitrogens with one attached hydrogen (secondary N) is 1. The van der Waals surface area contributed by atoms with Crippen molar-refractivity contribution in [3.05, 3.63) is 0 Å². The Morgan fingerprint density at radius 3 is 2.45 bits per heavy atom. The minimum Gasteiger partial charge on any atom is -0.481 e. The Hall–Kier alpha value is -1.79. The molecular weight excluding hydrogens is 286 g/mol. The number of nitrogens with zero attached hydrogens (tertiary/aromatic N) is 2. The maximum absolute atomic E-state index is 12.1. The average molecular weight is 311 g/mol. The van der Waals surface area contributed by atoms with Crippen LogP contribution in [0.1, 0.15) is 38.5 Å². The van der Waals surface area contributed by atoms with Crippen molar-refractivity contribution < 1.29 is 19.5 Å². The number of carboxylic acids is 1. The lowest BCUT2D eigenvalue weighted by atomic mass is 9.94. The lowest BCUT2D eigenvalue weighted by Gasteiger charge is -2.31. The average Bonchev–Trinajstić information content (AvgIpc) is 3.02. The number of hydrogen-bond donors (Lipinski definition) is 2. The number of aliphatic carboxylic acids is 1. The fourth-order valence-electron chi connectivity index (χ4n) is 3.21. The number of carbonyl (C=O) groups excluding carboxylic acids is 2. The third-order valence-electron chi connectivity index (χ3n) is 4.73. The first-order valence-electron chi connectivity index (χ1n) is 8.00. The van der Waals surface area contributed by atoms with Crippen LogP contribution in [0, 0.1) is 5.92 Å². The van der Waals surface area contributed by atoms with Gasteiger partial charge >= 0.3 is 12.0 Å². The monoisotopic (exact) mass is 311 g/mol. The molecule has 7 nitrogen and oxygen atoms in total. The Morgan fingerprint density at radius 1 is 1.18 bits per heavy atom. The topological polar surface area (TPSA) is 90.0 Å². The number of carboxylic acid groups (broad SMARTS) is 1. The van der Waals surface area contributed by atoms with Gasteiger partial charge in [-0.3, -0.25) is 9.59 Å². The Kier molecular flexibility index (Phi) is 5.63. The first-order valence-corrected chi connectivity index (χ1v) is 8.00. The SMILES string of the molecule is CN(C(=O)CNC(=O)N1CCC(C(=O)O)C1)C1CCCCC1. The van der Waals surface area contributed by atoms with Crippen molar-refractivity contribution in [2.75, 3.05) is 26.7 Å². The summed E-state index contributed by atoms with van der Waals surface area (Å²) in [5.41, 5.74) is 0. The molecular formula is C15H25N3O4. The van der Waals surface area contributed by atoms with E-state index in [-0.39, 0.29) is 31.1 Å². The molecule has 0 aromatic heterocycles. The van der Waals surface area contributed by atoms with Gasteiger partial charge in [0.2, 0.25) is 5.91 Å². The molecule has 0 aromatic carbocycles. The summed E-state index contributed by atoms with van der Waals surface area (Å²) in [6.07, 6.45) is 6.07. The van der Waals surface area contributed by atoms with E-state index in [2.05, 4.69) is 5.32 Å². The fraction of sp³-hybridized carbons (Fsp3) is 0.800. The van der Waals surface area contributed by atoms with Crippen LogP contribution in [0.4, 0.5) is 4.79 Å². The van der Waals surface area contributed by atoms with Crippen LogP contribution in [-0.4, -0.2) is 65.5 Å². The van der Waals surface area contributed by atoms with Gasteiger partial charge in [0.15, 0.2) is 0 Å². The predicted octanol–water partition coefficient (Wildman–Crippen LogP) is 0.894. The van der Waals surface area contributed by atoms with Crippen LogP contribution in [0.5, 0.6) is 0 Å². The van der Waals surface area contributed by atoms with Gasteiger partial charge in [0.05, 0.1) is 12.5 Å². The smallest absolute Gasteiger partial charge is 0.317 e. The molecule has 1 heterocycles. The highest BCUT2D eigenvalue weighted by Crippen LogP contribution is 2.21. The van der Waals surface area contributed by atoms with E-state index < -0.39 is 11.9 Å². The summed E-state index contributed by atoms with van der Waals surface area (Å²) in [5.74, 6) is -1.45. The molecule has 1 aliphatic heterocycles. The molecule has 0 aromatic rings. The molecule has 1 saturated carbocycles. The minimum absolute atomic E-state index is 0.0277. The summed E-state index contributed by atoms with van der Waals surface area (Å²) in [4.78, 5) is 38.2. The van der Waals surface area contributed by atoms with Crippen LogP contribution in [0.2, 0.25) is 0 Å². The summed E-state index contributed by atoms with van der Waals surface area (Å²) in [7, 11) is 1.79. The van der Waals surface area contributed by atoms with Crippen LogP contribution in [0.3, 0.4) is 0 Å². The summed E-state index contributed by atoms with van der Waals surface area (Å²) < 4.78 is 0. The van der Waals surface area contributed by atoms with Gasteiger partial charge in [-0.05, 0) is 19.3 Å². The molecule has 1 aliphatic carbocycles. The standard InChI is InChI=1S/C15H25N3O4/c1-17(12-5-3-2-4-6-12)13(19)9-16-15(22)18-8-7-11(10-18)14(20)21/h11-12H,2-10H2,1H3,(H,16,22)(H,20,21). The first kappa shape index (κ1) is 16.6. The van der Waals surface area contributed by atoms with Crippen molar-refractivity contribution in [1.29, 1.82) is 0 Å². The molecule has 0 radical (unpaired) electrons. The Balaban J connectivity index is 1.73. The molecule has 2 N–H and O–H groups in total.